The van der Waals surface area contributed by atoms with Crippen molar-refractivity contribution in [1.29, 1.82) is 0 Å². The second-order valence-electron chi connectivity index (χ2n) is 4.58. The Kier molecular flexibility index (Phi) is 3.22. The molecule has 1 aliphatic rings. The fourth-order valence-corrected chi connectivity index (χ4v) is 2.89. The summed E-state index contributed by atoms with van der Waals surface area (Å²) in [6, 6.07) is 10.4. The molecule has 0 N–H and O–H groups in total. The molecule has 18 heavy (non-hydrogen) atoms. The zero-order chi connectivity index (χ0) is 12.4. The number of rotatable bonds is 2. The van der Waals surface area contributed by atoms with Crippen molar-refractivity contribution in [2.24, 2.45) is 0 Å². The Morgan fingerprint density at radius 3 is 2.39 bits per heavy atom. The van der Waals surface area contributed by atoms with Crippen molar-refractivity contribution in [2.45, 2.75) is 18.3 Å². The summed E-state index contributed by atoms with van der Waals surface area (Å²) in [7, 11) is 0. The number of halogens is 1. The van der Waals surface area contributed by atoms with Gasteiger partial charge in [-0.3, -0.25) is 0 Å². The molecule has 0 atom stereocenters. The minimum atomic E-state index is -0.0878. The van der Waals surface area contributed by atoms with Crippen molar-refractivity contribution >= 4 is 15.9 Å². The molecule has 0 amide bonds. The summed E-state index contributed by atoms with van der Waals surface area (Å²) in [5.41, 5.74) is 1.18. The lowest BCUT2D eigenvalue weighted by Crippen LogP contribution is -2.34. The molecule has 94 valence electrons. The molecule has 0 saturated carbocycles. The molecule has 0 spiro atoms. The van der Waals surface area contributed by atoms with Crippen LogP contribution in [-0.4, -0.2) is 18.4 Å². The van der Waals surface area contributed by atoms with Gasteiger partial charge in [-0.2, -0.15) is 0 Å². The van der Waals surface area contributed by atoms with Crippen LogP contribution in [0.2, 0.25) is 0 Å². The smallest absolute Gasteiger partial charge is 0.147 e. The first-order valence-electron chi connectivity index (χ1n) is 6.06. The van der Waals surface area contributed by atoms with E-state index < -0.39 is 0 Å². The molecule has 1 aliphatic heterocycles. The number of benzene rings is 1. The Morgan fingerprint density at radius 2 is 1.78 bits per heavy atom. The zero-order valence-electron chi connectivity index (χ0n) is 9.93. The second kappa shape index (κ2) is 4.86. The van der Waals surface area contributed by atoms with Gasteiger partial charge in [-0.15, -0.1) is 0 Å². The van der Waals surface area contributed by atoms with Gasteiger partial charge in [0.15, 0.2) is 0 Å². The summed E-state index contributed by atoms with van der Waals surface area (Å²) in [6.07, 6.45) is 3.58. The predicted molar refractivity (Wildman–Crippen MR) is 71.5 cm³/mol. The summed E-state index contributed by atoms with van der Waals surface area (Å²) in [5.74, 6) is 0.938. The number of aromatic nitrogens is 1. The van der Waals surface area contributed by atoms with Gasteiger partial charge in [-0.1, -0.05) is 33.2 Å². The van der Waals surface area contributed by atoms with Gasteiger partial charge in [0.1, 0.15) is 5.76 Å². The van der Waals surface area contributed by atoms with Crippen LogP contribution in [-0.2, 0) is 10.2 Å². The first kappa shape index (κ1) is 11.9. The molecule has 1 fully saturated rings. The van der Waals surface area contributed by atoms with E-state index in [2.05, 4.69) is 45.4 Å². The molecule has 1 aromatic carbocycles. The highest BCUT2D eigenvalue weighted by atomic mass is 79.9. The van der Waals surface area contributed by atoms with Crippen LogP contribution in [0, 0.1) is 0 Å². The molecule has 2 heterocycles. The maximum absolute atomic E-state index is 5.50. The Hall–Kier alpha value is -1.13. The van der Waals surface area contributed by atoms with Gasteiger partial charge in [0.2, 0.25) is 0 Å². The van der Waals surface area contributed by atoms with Crippen LogP contribution >= 0.6 is 15.9 Å². The van der Waals surface area contributed by atoms with E-state index in [4.69, 9.17) is 9.26 Å². The van der Waals surface area contributed by atoms with Crippen LogP contribution in [0.3, 0.4) is 0 Å². The summed E-state index contributed by atoms with van der Waals surface area (Å²) < 4.78 is 12.0. The Balaban J connectivity index is 2.07. The third kappa shape index (κ3) is 1.99. The van der Waals surface area contributed by atoms with Crippen molar-refractivity contribution in [1.82, 2.24) is 5.16 Å². The number of hydrogen-bond acceptors (Lipinski definition) is 3. The summed E-state index contributed by atoms with van der Waals surface area (Å²) >= 11 is 3.48. The first-order valence-corrected chi connectivity index (χ1v) is 6.85. The Morgan fingerprint density at radius 1 is 1.06 bits per heavy atom. The molecule has 1 saturated heterocycles. The van der Waals surface area contributed by atoms with E-state index in [1.165, 1.54) is 5.56 Å². The van der Waals surface area contributed by atoms with Crippen LogP contribution in [0.4, 0.5) is 0 Å². The average molecular weight is 308 g/mol. The maximum atomic E-state index is 5.50. The number of ether oxygens (including phenoxy) is 1. The topological polar surface area (TPSA) is 35.3 Å². The zero-order valence-corrected chi connectivity index (χ0v) is 11.5. The molecule has 2 aromatic rings. The lowest BCUT2D eigenvalue weighted by molar-refractivity contribution is 0.0541. The van der Waals surface area contributed by atoms with Gasteiger partial charge in [0.05, 0.1) is 11.6 Å². The van der Waals surface area contributed by atoms with Gasteiger partial charge < -0.3 is 9.26 Å². The highest BCUT2D eigenvalue weighted by Crippen LogP contribution is 2.41. The quantitative estimate of drug-likeness (QED) is 0.851. The van der Waals surface area contributed by atoms with Crippen molar-refractivity contribution in [2.75, 3.05) is 13.2 Å². The molecule has 1 aromatic heterocycles. The molecule has 0 unspecified atom stereocenters. The molecule has 0 radical (unpaired) electrons. The molecular formula is C14H14BrNO2. The largest absolute Gasteiger partial charge is 0.381 e. The number of hydrogen-bond donors (Lipinski definition) is 0. The van der Waals surface area contributed by atoms with Crippen LogP contribution in [0.15, 0.2) is 45.5 Å². The Bertz CT molecular complexity index is 501. The van der Waals surface area contributed by atoms with Gasteiger partial charge in [-0.05, 0) is 30.5 Å². The molecule has 3 rings (SSSR count). The monoisotopic (exact) mass is 307 g/mol. The fourth-order valence-electron chi connectivity index (χ4n) is 2.63. The third-order valence-electron chi connectivity index (χ3n) is 3.65. The van der Waals surface area contributed by atoms with E-state index in [-0.39, 0.29) is 5.41 Å². The van der Waals surface area contributed by atoms with Crippen LogP contribution in [0.25, 0.3) is 0 Å². The number of nitrogens with zero attached hydrogens (tertiary/aromatic N) is 1. The van der Waals surface area contributed by atoms with E-state index >= 15 is 0 Å². The van der Waals surface area contributed by atoms with Crippen molar-refractivity contribution in [3.05, 3.63) is 52.3 Å². The van der Waals surface area contributed by atoms with E-state index in [1.54, 1.807) is 6.20 Å². The third-order valence-corrected chi connectivity index (χ3v) is 4.18. The first-order chi connectivity index (χ1) is 8.81. The van der Waals surface area contributed by atoms with Crippen molar-refractivity contribution in [3.8, 4) is 0 Å². The fraction of sp³-hybridized carbons (Fsp3) is 0.357. The molecular weight excluding hydrogens is 294 g/mol. The minimum absolute atomic E-state index is 0.0878. The second-order valence-corrected chi connectivity index (χ2v) is 5.49. The highest BCUT2D eigenvalue weighted by molar-refractivity contribution is 9.10. The van der Waals surface area contributed by atoms with Gasteiger partial charge in [-0.25, -0.2) is 0 Å². The van der Waals surface area contributed by atoms with E-state index in [0.29, 0.717) is 0 Å². The van der Waals surface area contributed by atoms with Gasteiger partial charge in [0.25, 0.3) is 0 Å². The van der Waals surface area contributed by atoms with Crippen molar-refractivity contribution in [3.63, 3.8) is 0 Å². The molecule has 3 nitrogen and oxygen atoms in total. The van der Waals surface area contributed by atoms with Crippen LogP contribution < -0.4 is 0 Å². The van der Waals surface area contributed by atoms with Crippen LogP contribution in [0.5, 0.6) is 0 Å². The normalized spacial score (nSPS) is 18.7. The lowest BCUT2D eigenvalue weighted by atomic mass is 9.72. The Labute approximate surface area is 114 Å². The highest BCUT2D eigenvalue weighted by Gasteiger charge is 2.39. The maximum Gasteiger partial charge on any atom is 0.147 e. The lowest BCUT2D eigenvalue weighted by Gasteiger charge is -2.35. The average Bonchev–Trinajstić information content (AvgIpc) is 2.95. The van der Waals surface area contributed by atoms with E-state index in [0.717, 1.165) is 36.3 Å². The van der Waals surface area contributed by atoms with Crippen LogP contribution in [0.1, 0.15) is 24.2 Å². The molecule has 4 heteroatoms. The molecule has 0 aliphatic carbocycles. The predicted octanol–water partition coefficient (Wildman–Crippen LogP) is 3.53. The molecule has 0 bridgehead atoms. The van der Waals surface area contributed by atoms with Gasteiger partial charge >= 0.3 is 0 Å². The van der Waals surface area contributed by atoms with Gasteiger partial charge in [0, 0.05) is 23.8 Å². The summed E-state index contributed by atoms with van der Waals surface area (Å²) in [4.78, 5) is 0. The standard InChI is InChI=1S/C14H14BrNO2/c15-12-3-1-11(2-4-12)14(6-9-17-10-7-14)13-5-8-16-18-13/h1-5,8H,6-7,9-10H2. The minimum Gasteiger partial charge on any atom is -0.381 e. The summed E-state index contributed by atoms with van der Waals surface area (Å²) in [6.45, 7) is 1.52. The van der Waals surface area contributed by atoms with Crippen molar-refractivity contribution < 1.29 is 9.26 Å². The van der Waals surface area contributed by atoms with E-state index in [1.807, 2.05) is 6.07 Å². The SMILES string of the molecule is Brc1ccc(C2(c3ccno3)CCOCC2)cc1. The van der Waals surface area contributed by atoms with E-state index in [9.17, 15) is 0 Å². The summed E-state index contributed by atoms with van der Waals surface area (Å²) in [5, 5.41) is 3.86.